The molecule has 0 spiro atoms. The van der Waals surface area contributed by atoms with E-state index in [4.69, 9.17) is 0 Å². The molecule has 0 aliphatic carbocycles. The molecule has 2 rings (SSSR count). The minimum absolute atomic E-state index is 0.0960. The van der Waals surface area contributed by atoms with Crippen molar-refractivity contribution in [3.63, 3.8) is 0 Å². The van der Waals surface area contributed by atoms with E-state index < -0.39 is 0 Å². The highest BCUT2D eigenvalue weighted by molar-refractivity contribution is 5.98. The first-order chi connectivity index (χ1) is 9.08. The van der Waals surface area contributed by atoms with Gasteiger partial charge in [-0.3, -0.25) is 10.2 Å². The number of nitrogens with zero attached hydrogens (tertiary/aromatic N) is 4. The molecular formula is C13H21N5O. The minimum atomic E-state index is -0.0960. The molecule has 1 amide bonds. The fourth-order valence-electron chi connectivity index (χ4n) is 2.05. The van der Waals surface area contributed by atoms with Gasteiger partial charge < -0.3 is 9.80 Å². The van der Waals surface area contributed by atoms with Gasteiger partial charge in [0.25, 0.3) is 5.91 Å². The quantitative estimate of drug-likeness (QED) is 0.834. The summed E-state index contributed by atoms with van der Waals surface area (Å²) in [6.07, 6.45) is 1.70. The second-order valence-corrected chi connectivity index (χ2v) is 5.00. The van der Waals surface area contributed by atoms with Gasteiger partial charge in [0.05, 0.1) is 5.56 Å². The molecule has 1 fully saturated rings. The van der Waals surface area contributed by atoms with Gasteiger partial charge in [0.1, 0.15) is 5.82 Å². The van der Waals surface area contributed by atoms with Crippen LogP contribution < -0.4 is 10.3 Å². The van der Waals surface area contributed by atoms with Crippen LogP contribution in [0.2, 0.25) is 0 Å². The number of aromatic nitrogens is 1. The van der Waals surface area contributed by atoms with Crippen LogP contribution in [-0.4, -0.2) is 68.1 Å². The molecule has 1 aliphatic rings. The molecule has 104 valence electrons. The maximum Gasteiger partial charge on any atom is 0.269 e. The summed E-state index contributed by atoms with van der Waals surface area (Å²) in [5, 5.41) is 1.97. The molecule has 1 aliphatic heterocycles. The summed E-state index contributed by atoms with van der Waals surface area (Å²) in [5.41, 5.74) is 3.56. The number of carbonyl (C=O) groups is 1. The normalized spacial score (nSPS) is 17.2. The first-order valence-corrected chi connectivity index (χ1v) is 6.45. The van der Waals surface area contributed by atoms with E-state index in [-0.39, 0.29) is 5.91 Å². The van der Waals surface area contributed by atoms with Gasteiger partial charge in [-0.1, -0.05) is 0 Å². The van der Waals surface area contributed by atoms with Gasteiger partial charge in [0.15, 0.2) is 0 Å². The number of rotatable bonds is 3. The van der Waals surface area contributed by atoms with Gasteiger partial charge in [0.2, 0.25) is 0 Å². The molecule has 1 aromatic rings. The second kappa shape index (κ2) is 5.99. The summed E-state index contributed by atoms with van der Waals surface area (Å²) in [6.45, 7) is 3.63. The predicted octanol–water partition coefficient (Wildman–Crippen LogP) is 0.0398. The third-order valence-corrected chi connectivity index (χ3v) is 3.22. The van der Waals surface area contributed by atoms with Crippen LogP contribution in [0.15, 0.2) is 18.3 Å². The average Bonchev–Trinajstić information content (AvgIpc) is 2.41. The molecule has 2 heterocycles. The lowest BCUT2D eigenvalue weighted by Crippen LogP contribution is -2.52. The molecular weight excluding hydrogens is 242 g/mol. The summed E-state index contributed by atoms with van der Waals surface area (Å²) >= 11 is 0. The molecule has 1 aromatic heterocycles. The first kappa shape index (κ1) is 13.8. The molecule has 0 atom stereocenters. The Bertz CT molecular complexity index is 440. The molecule has 19 heavy (non-hydrogen) atoms. The highest BCUT2D eigenvalue weighted by atomic mass is 16.2. The molecule has 6 nitrogen and oxygen atoms in total. The van der Waals surface area contributed by atoms with Crippen molar-refractivity contribution in [2.24, 2.45) is 0 Å². The fraction of sp³-hybridized carbons (Fsp3) is 0.538. The lowest BCUT2D eigenvalue weighted by Gasteiger charge is -2.32. The Labute approximate surface area is 114 Å². The van der Waals surface area contributed by atoms with E-state index >= 15 is 0 Å². The number of likely N-dealkylation sites (N-methyl/N-ethyl adjacent to an activating group) is 1. The third kappa shape index (κ3) is 3.42. The van der Waals surface area contributed by atoms with Gasteiger partial charge in [-0.05, 0) is 19.2 Å². The number of hydrogen-bond acceptors (Lipinski definition) is 5. The summed E-state index contributed by atoms with van der Waals surface area (Å²) < 4.78 is 0. The molecule has 1 N–H and O–H groups in total. The SMILES string of the molecule is CN1CCN(NC(=O)c2cccnc2N(C)C)CC1. The Morgan fingerprint density at radius 3 is 2.63 bits per heavy atom. The van der Waals surface area contributed by atoms with Crippen LogP contribution in [0.4, 0.5) is 5.82 Å². The van der Waals surface area contributed by atoms with Gasteiger partial charge >= 0.3 is 0 Å². The van der Waals surface area contributed by atoms with Gasteiger partial charge in [-0.2, -0.15) is 0 Å². The Balaban J connectivity index is 2.04. The van der Waals surface area contributed by atoms with Crippen molar-refractivity contribution >= 4 is 11.7 Å². The van der Waals surface area contributed by atoms with Gasteiger partial charge in [-0.15, -0.1) is 0 Å². The zero-order valence-electron chi connectivity index (χ0n) is 11.8. The van der Waals surface area contributed by atoms with Crippen molar-refractivity contribution in [1.29, 1.82) is 0 Å². The second-order valence-electron chi connectivity index (χ2n) is 5.00. The lowest BCUT2D eigenvalue weighted by atomic mass is 10.2. The summed E-state index contributed by atoms with van der Waals surface area (Å²) in [4.78, 5) is 20.6. The molecule has 0 bridgehead atoms. The van der Waals surface area contributed by atoms with Crippen molar-refractivity contribution in [2.45, 2.75) is 0 Å². The van der Waals surface area contributed by atoms with E-state index in [2.05, 4.69) is 22.4 Å². The molecule has 6 heteroatoms. The maximum absolute atomic E-state index is 12.3. The van der Waals surface area contributed by atoms with E-state index in [1.807, 2.05) is 24.0 Å². The zero-order chi connectivity index (χ0) is 13.8. The summed E-state index contributed by atoms with van der Waals surface area (Å²) in [5.74, 6) is 0.593. The Morgan fingerprint density at radius 2 is 2.00 bits per heavy atom. The topological polar surface area (TPSA) is 51.7 Å². The molecule has 0 saturated carbocycles. The van der Waals surface area contributed by atoms with Crippen LogP contribution in [0.1, 0.15) is 10.4 Å². The number of nitrogens with one attached hydrogen (secondary N) is 1. The Hall–Kier alpha value is -1.66. The number of hydrogen-bond donors (Lipinski definition) is 1. The van der Waals surface area contributed by atoms with E-state index in [1.54, 1.807) is 18.3 Å². The van der Waals surface area contributed by atoms with Crippen LogP contribution in [-0.2, 0) is 0 Å². The predicted molar refractivity (Wildman–Crippen MR) is 75.1 cm³/mol. The fourth-order valence-corrected chi connectivity index (χ4v) is 2.05. The van der Waals surface area contributed by atoms with Crippen LogP contribution in [0, 0.1) is 0 Å². The van der Waals surface area contributed by atoms with E-state index in [9.17, 15) is 4.79 Å². The number of piperazine rings is 1. The van der Waals surface area contributed by atoms with Crippen LogP contribution in [0.3, 0.4) is 0 Å². The standard InChI is InChI=1S/C13H21N5O/c1-16(2)12-11(5-4-6-14-12)13(19)15-18-9-7-17(3)8-10-18/h4-6H,7-10H2,1-3H3,(H,15,19). The monoisotopic (exact) mass is 263 g/mol. The van der Waals surface area contributed by atoms with Crippen LogP contribution >= 0.6 is 0 Å². The average molecular weight is 263 g/mol. The smallest absolute Gasteiger partial charge is 0.269 e. The van der Waals surface area contributed by atoms with Crippen molar-refractivity contribution in [3.8, 4) is 0 Å². The molecule has 1 saturated heterocycles. The van der Waals surface area contributed by atoms with Crippen LogP contribution in [0.5, 0.6) is 0 Å². The molecule has 0 unspecified atom stereocenters. The largest absolute Gasteiger partial charge is 0.362 e. The maximum atomic E-state index is 12.3. The highest BCUT2D eigenvalue weighted by Crippen LogP contribution is 2.14. The van der Waals surface area contributed by atoms with Crippen molar-refractivity contribution in [2.75, 3.05) is 52.2 Å². The number of carbonyl (C=O) groups excluding carboxylic acids is 1. The van der Waals surface area contributed by atoms with E-state index in [1.165, 1.54) is 0 Å². The highest BCUT2D eigenvalue weighted by Gasteiger charge is 2.19. The summed E-state index contributed by atoms with van der Waals surface area (Å²) in [7, 11) is 5.86. The van der Waals surface area contributed by atoms with Gasteiger partial charge in [0, 0.05) is 46.5 Å². The minimum Gasteiger partial charge on any atom is -0.362 e. The third-order valence-electron chi connectivity index (χ3n) is 3.22. The van der Waals surface area contributed by atoms with Crippen molar-refractivity contribution < 1.29 is 4.79 Å². The first-order valence-electron chi connectivity index (χ1n) is 6.45. The van der Waals surface area contributed by atoms with E-state index in [0.717, 1.165) is 26.2 Å². The molecule has 0 aromatic carbocycles. The Morgan fingerprint density at radius 1 is 1.32 bits per heavy atom. The van der Waals surface area contributed by atoms with Gasteiger partial charge in [-0.25, -0.2) is 9.99 Å². The zero-order valence-corrected chi connectivity index (χ0v) is 11.8. The van der Waals surface area contributed by atoms with Crippen molar-refractivity contribution in [3.05, 3.63) is 23.9 Å². The Kier molecular flexibility index (Phi) is 4.34. The number of anilines is 1. The summed E-state index contributed by atoms with van der Waals surface area (Å²) in [6, 6.07) is 3.58. The number of amides is 1. The van der Waals surface area contributed by atoms with Crippen LogP contribution in [0.25, 0.3) is 0 Å². The number of hydrazine groups is 1. The lowest BCUT2D eigenvalue weighted by molar-refractivity contribution is 0.0663. The molecule has 0 radical (unpaired) electrons. The number of pyridine rings is 1. The van der Waals surface area contributed by atoms with E-state index in [0.29, 0.717) is 11.4 Å². The van der Waals surface area contributed by atoms with Crippen molar-refractivity contribution in [1.82, 2.24) is 20.3 Å².